The summed E-state index contributed by atoms with van der Waals surface area (Å²) < 4.78 is 6.57. The summed E-state index contributed by atoms with van der Waals surface area (Å²) in [4.78, 5) is 30.7. The van der Waals surface area contributed by atoms with Crippen LogP contribution in [0.3, 0.4) is 0 Å². The Morgan fingerprint density at radius 1 is 1.15 bits per heavy atom. The van der Waals surface area contributed by atoms with Crippen molar-refractivity contribution < 1.29 is 9.32 Å². The third-order valence-electron chi connectivity index (χ3n) is 4.83. The number of likely N-dealkylation sites (tertiary alicyclic amines) is 1. The lowest BCUT2D eigenvalue weighted by molar-refractivity contribution is -0.131. The van der Waals surface area contributed by atoms with Gasteiger partial charge in [0.2, 0.25) is 11.8 Å². The van der Waals surface area contributed by atoms with Gasteiger partial charge in [-0.1, -0.05) is 35.5 Å². The Kier molecular flexibility index (Phi) is 4.53. The van der Waals surface area contributed by atoms with Gasteiger partial charge >= 0.3 is 0 Å². The first kappa shape index (κ1) is 17.1. The van der Waals surface area contributed by atoms with Crippen molar-refractivity contribution in [3.05, 3.63) is 76.3 Å². The molecule has 1 amide bonds. The quantitative estimate of drug-likeness (QED) is 0.693. The van der Waals surface area contributed by atoms with E-state index in [1.807, 2.05) is 30.3 Å². The zero-order chi connectivity index (χ0) is 18.8. The first-order chi connectivity index (χ1) is 13.1. The molecule has 8 nitrogen and oxygen atoms in total. The van der Waals surface area contributed by atoms with Crippen LogP contribution in [0, 0.1) is 6.92 Å². The molecule has 3 heterocycles. The fourth-order valence-corrected chi connectivity index (χ4v) is 3.49. The van der Waals surface area contributed by atoms with Crippen LogP contribution in [-0.4, -0.2) is 43.8 Å². The maximum Gasteiger partial charge on any atom is 0.267 e. The Labute approximate surface area is 155 Å². The molecular weight excluding hydrogens is 346 g/mol. The second-order valence-electron chi connectivity index (χ2n) is 6.62. The molecule has 3 aromatic rings. The average molecular weight is 365 g/mol. The van der Waals surface area contributed by atoms with E-state index in [2.05, 4.69) is 15.2 Å². The van der Waals surface area contributed by atoms with Crippen molar-refractivity contribution in [3.63, 3.8) is 0 Å². The van der Waals surface area contributed by atoms with E-state index < -0.39 is 0 Å². The Hall–Kier alpha value is -3.29. The zero-order valence-electron chi connectivity index (χ0n) is 14.9. The van der Waals surface area contributed by atoms with E-state index in [0.29, 0.717) is 24.8 Å². The minimum atomic E-state index is -0.297. The van der Waals surface area contributed by atoms with E-state index in [9.17, 15) is 9.59 Å². The number of carbonyl (C=O) groups is 1. The standard InChI is InChI=1S/C19H19N5O3/c1-13-21-19(27-22-13)16-11-23(10-15(16)14-6-3-2-4-7-14)18(26)12-24-17(25)8-5-9-20-24/h2-9,15-16H,10-12H2,1H3/t15-,16+/m0/s1. The topological polar surface area (TPSA) is 94.1 Å². The number of aromatic nitrogens is 4. The normalized spacial score (nSPS) is 19.4. The number of amides is 1. The van der Waals surface area contributed by atoms with Crippen molar-refractivity contribution in [1.29, 1.82) is 0 Å². The van der Waals surface area contributed by atoms with Gasteiger partial charge in [-0.25, -0.2) is 4.68 Å². The monoisotopic (exact) mass is 365 g/mol. The summed E-state index contributed by atoms with van der Waals surface area (Å²) in [6.07, 6.45) is 1.50. The van der Waals surface area contributed by atoms with Crippen molar-refractivity contribution in [1.82, 2.24) is 24.8 Å². The van der Waals surface area contributed by atoms with Crippen LogP contribution in [0.15, 0.2) is 58.0 Å². The van der Waals surface area contributed by atoms with Gasteiger partial charge in [-0.3, -0.25) is 9.59 Å². The van der Waals surface area contributed by atoms with Crippen molar-refractivity contribution in [2.45, 2.75) is 25.3 Å². The highest BCUT2D eigenvalue weighted by Crippen LogP contribution is 2.39. The molecule has 4 rings (SSSR count). The van der Waals surface area contributed by atoms with Crippen LogP contribution >= 0.6 is 0 Å². The smallest absolute Gasteiger partial charge is 0.267 e. The van der Waals surface area contributed by atoms with E-state index in [0.717, 1.165) is 5.56 Å². The molecule has 1 aromatic carbocycles. The van der Waals surface area contributed by atoms with Gasteiger partial charge in [-0.2, -0.15) is 10.1 Å². The molecule has 1 saturated heterocycles. The summed E-state index contributed by atoms with van der Waals surface area (Å²) in [5, 5.41) is 7.86. The second kappa shape index (κ2) is 7.14. The van der Waals surface area contributed by atoms with E-state index in [1.165, 1.54) is 16.9 Å². The Morgan fingerprint density at radius 3 is 2.63 bits per heavy atom. The van der Waals surface area contributed by atoms with Gasteiger partial charge in [0.1, 0.15) is 6.54 Å². The highest BCUT2D eigenvalue weighted by atomic mass is 16.5. The summed E-state index contributed by atoms with van der Waals surface area (Å²) >= 11 is 0. The highest BCUT2D eigenvalue weighted by molar-refractivity contribution is 5.76. The third kappa shape index (κ3) is 3.51. The van der Waals surface area contributed by atoms with Crippen molar-refractivity contribution in [2.24, 2.45) is 0 Å². The molecule has 0 spiro atoms. The molecule has 0 unspecified atom stereocenters. The fraction of sp³-hybridized carbons (Fsp3) is 0.316. The van der Waals surface area contributed by atoms with E-state index >= 15 is 0 Å². The van der Waals surface area contributed by atoms with E-state index in [4.69, 9.17) is 4.52 Å². The molecule has 0 bridgehead atoms. The van der Waals surface area contributed by atoms with Crippen LogP contribution < -0.4 is 5.56 Å². The number of nitrogens with zero attached hydrogens (tertiary/aromatic N) is 5. The third-order valence-corrected chi connectivity index (χ3v) is 4.83. The van der Waals surface area contributed by atoms with Gasteiger partial charge in [0, 0.05) is 31.3 Å². The SMILES string of the molecule is Cc1noc([C@@H]2CN(C(=O)Cn3ncccc3=O)C[C@H]2c2ccccc2)n1. The molecule has 0 saturated carbocycles. The summed E-state index contributed by atoms with van der Waals surface area (Å²) in [7, 11) is 0. The average Bonchev–Trinajstić information content (AvgIpc) is 3.31. The molecule has 1 aliphatic heterocycles. The number of rotatable bonds is 4. The predicted octanol–water partition coefficient (Wildman–Crippen LogP) is 1.34. The van der Waals surface area contributed by atoms with Crippen LogP contribution in [-0.2, 0) is 11.3 Å². The van der Waals surface area contributed by atoms with Gasteiger partial charge in [0.15, 0.2) is 5.82 Å². The first-order valence-corrected chi connectivity index (χ1v) is 8.77. The van der Waals surface area contributed by atoms with E-state index in [1.54, 1.807) is 17.9 Å². The van der Waals surface area contributed by atoms with Crippen LogP contribution in [0.5, 0.6) is 0 Å². The molecule has 1 aliphatic rings. The molecule has 1 fully saturated rings. The fourth-order valence-electron chi connectivity index (χ4n) is 3.49. The van der Waals surface area contributed by atoms with Crippen LogP contribution in [0.4, 0.5) is 0 Å². The second-order valence-corrected chi connectivity index (χ2v) is 6.62. The molecule has 0 radical (unpaired) electrons. The summed E-state index contributed by atoms with van der Waals surface area (Å²) in [6.45, 7) is 2.67. The van der Waals surface area contributed by atoms with Crippen LogP contribution in [0.1, 0.15) is 29.1 Å². The minimum absolute atomic E-state index is 0.0513. The van der Waals surface area contributed by atoms with Gasteiger partial charge < -0.3 is 9.42 Å². The molecule has 0 N–H and O–H groups in total. The lowest BCUT2D eigenvalue weighted by atomic mass is 9.89. The van der Waals surface area contributed by atoms with Gasteiger partial charge in [0.25, 0.3) is 5.56 Å². The summed E-state index contributed by atoms with van der Waals surface area (Å²) in [5.41, 5.74) is 0.817. The van der Waals surface area contributed by atoms with E-state index in [-0.39, 0.29) is 29.8 Å². The Balaban J connectivity index is 1.59. The lowest BCUT2D eigenvalue weighted by Crippen LogP contribution is -2.35. The molecule has 2 aromatic heterocycles. The van der Waals surface area contributed by atoms with Crippen molar-refractivity contribution in [2.75, 3.05) is 13.1 Å². The maximum absolute atomic E-state index is 12.8. The zero-order valence-corrected chi connectivity index (χ0v) is 14.9. The number of hydrogen-bond donors (Lipinski definition) is 0. The number of hydrogen-bond acceptors (Lipinski definition) is 6. The molecular formula is C19H19N5O3. The van der Waals surface area contributed by atoms with Crippen molar-refractivity contribution >= 4 is 5.91 Å². The lowest BCUT2D eigenvalue weighted by Gasteiger charge is -2.16. The van der Waals surface area contributed by atoms with Crippen LogP contribution in [0.2, 0.25) is 0 Å². The number of aryl methyl sites for hydroxylation is 1. The van der Waals surface area contributed by atoms with Gasteiger partial charge in [0.05, 0.1) is 5.92 Å². The maximum atomic E-state index is 12.8. The Bertz CT molecular complexity index is 998. The largest absolute Gasteiger partial charge is 0.340 e. The minimum Gasteiger partial charge on any atom is -0.340 e. The molecule has 8 heteroatoms. The Morgan fingerprint density at radius 2 is 1.93 bits per heavy atom. The summed E-state index contributed by atoms with van der Waals surface area (Å²) in [5.74, 6) is 0.914. The number of carbonyl (C=O) groups excluding carboxylic acids is 1. The summed E-state index contributed by atoms with van der Waals surface area (Å²) in [6, 6.07) is 12.9. The predicted molar refractivity (Wildman–Crippen MR) is 96.0 cm³/mol. The van der Waals surface area contributed by atoms with Crippen molar-refractivity contribution in [3.8, 4) is 0 Å². The highest BCUT2D eigenvalue weighted by Gasteiger charge is 2.40. The number of benzene rings is 1. The van der Waals surface area contributed by atoms with Gasteiger partial charge in [-0.15, -0.1) is 0 Å². The molecule has 2 atom stereocenters. The van der Waals surface area contributed by atoms with Crippen LogP contribution in [0.25, 0.3) is 0 Å². The first-order valence-electron chi connectivity index (χ1n) is 8.77. The molecule has 0 aliphatic carbocycles. The van der Waals surface area contributed by atoms with Gasteiger partial charge in [-0.05, 0) is 18.6 Å². The molecule has 27 heavy (non-hydrogen) atoms. The molecule has 138 valence electrons.